The van der Waals surface area contributed by atoms with Gasteiger partial charge in [-0.3, -0.25) is 0 Å². The van der Waals surface area contributed by atoms with Crippen molar-refractivity contribution in [2.24, 2.45) is 10.2 Å². The Morgan fingerprint density at radius 2 is 1.38 bits per heavy atom. The number of nitrogens with zero attached hydrogens (tertiary/aromatic N) is 3. The first-order valence-electron chi connectivity index (χ1n) is 9.79. The molecule has 1 fully saturated rings. The van der Waals surface area contributed by atoms with Crippen molar-refractivity contribution in [2.45, 2.75) is 6.92 Å². The fraction of sp³-hybridized carbons (Fsp3) is 0.217. The third-order valence-corrected chi connectivity index (χ3v) is 4.74. The van der Waals surface area contributed by atoms with Gasteiger partial charge in [0.1, 0.15) is 0 Å². The van der Waals surface area contributed by atoms with Crippen molar-refractivity contribution in [3.8, 4) is 0 Å². The van der Waals surface area contributed by atoms with Crippen LogP contribution in [0.5, 0.6) is 0 Å². The lowest BCUT2D eigenvalue weighted by Gasteiger charge is -2.28. The molecule has 0 aromatic heterocycles. The summed E-state index contributed by atoms with van der Waals surface area (Å²) in [4.78, 5) is 2.32. The maximum absolute atomic E-state index is 5.40. The molecule has 3 aromatic rings. The van der Waals surface area contributed by atoms with Crippen LogP contribution in [0.1, 0.15) is 5.56 Å². The van der Waals surface area contributed by atoms with Gasteiger partial charge >= 0.3 is 0 Å². The van der Waals surface area contributed by atoms with Crippen LogP contribution in [0.3, 0.4) is 0 Å². The third-order valence-electron chi connectivity index (χ3n) is 4.74. The molecule has 29 heavy (non-hydrogen) atoms. The van der Waals surface area contributed by atoms with E-state index in [1.165, 1.54) is 11.3 Å². The van der Waals surface area contributed by atoms with Gasteiger partial charge in [0.25, 0.3) is 0 Å². The molecule has 4 rings (SSSR count). The van der Waals surface area contributed by atoms with Crippen LogP contribution in [0.2, 0.25) is 0 Å². The van der Waals surface area contributed by atoms with E-state index in [4.69, 9.17) is 4.74 Å². The molecule has 6 nitrogen and oxygen atoms in total. The average Bonchev–Trinajstić information content (AvgIpc) is 2.78. The van der Waals surface area contributed by atoms with Crippen molar-refractivity contribution >= 4 is 28.4 Å². The Kier molecular flexibility index (Phi) is 6.02. The second-order valence-electron chi connectivity index (χ2n) is 6.98. The number of rotatable bonds is 6. The highest BCUT2D eigenvalue weighted by Gasteiger charge is 2.10. The van der Waals surface area contributed by atoms with Gasteiger partial charge < -0.3 is 20.5 Å². The zero-order valence-corrected chi connectivity index (χ0v) is 16.5. The minimum Gasteiger partial charge on any atom is -0.378 e. The SMILES string of the molecule is Cc1cccc(NNc2ccc(N=Nc3ccc(N4CCOCC4)cc3)cc2)c1. The van der Waals surface area contributed by atoms with Gasteiger partial charge in [0.2, 0.25) is 0 Å². The number of azo groups is 1. The second-order valence-corrected chi connectivity index (χ2v) is 6.98. The van der Waals surface area contributed by atoms with Crippen molar-refractivity contribution in [3.05, 3.63) is 78.4 Å². The number of hydrazine groups is 1. The summed E-state index contributed by atoms with van der Waals surface area (Å²) in [6.07, 6.45) is 0. The Labute approximate surface area is 171 Å². The molecular formula is C23H25N5O. The summed E-state index contributed by atoms with van der Waals surface area (Å²) in [6.45, 7) is 5.50. The first-order chi connectivity index (χ1) is 14.3. The van der Waals surface area contributed by atoms with Crippen LogP contribution in [-0.2, 0) is 4.74 Å². The standard InChI is InChI=1S/C23H25N5O/c1-18-3-2-4-22(17-18)27-26-20-7-5-19(6-8-20)24-25-21-9-11-23(12-10-21)28-13-15-29-16-14-28/h2-12,17,26-27H,13-16H2,1H3. The maximum atomic E-state index is 5.40. The van der Waals surface area contributed by atoms with Gasteiger partial charge in [0.05, 0.1) is 36.0 Å². The van der Waals surface area contributed by atoms with Gasteiger partial charge in [-0.1, -0.05) is 12.1 Å². The Morgan fingerprint density at radius 1 is 0.759 bits per heavy atom. The lowest BCUT2D eigenvalue weighted by Crippen LogP contribution is -2.36. The van der Waals surface area contributed by atoms with Crippen molar-refractivity contribution in [1.29, 1.82) is 0 Å². The predicted octanol–water partition coefficient (Wildman–Crippen LogP) is 5.69. The summed E-state index contributed by atoms with van der Waals surface area (Å²) in [5, 5.41) is 8.67. The van der Waals surface area contributed by atoms with Gasteiger partial charge in [-0.05, 0) is 73.2 Å². The van der Waals surface area contributed by atoms with E-state index < -0.39 is 0 Å². The second kappa shape index (κ2) is 9.21. The quantitative estimate of drug-likeness (QED) is 0.422. The van der Waals surface area contributed by atoms with Crippen LogP contribution < -0.4 is 15.8 Å². The molecule has 0 aliphatic carbocycles. The van der Waals surface area contributed by atoms with Crippen molar-refractivity contribution < 1.29 is 4.74 Å². The molecule has 1 heterocycles. The number of hydrogen-bond acceptors (Lipinski definition) is 6. The highest BCUT2D eigenvalue weighted by atomic mass is 16.5. The molecule has 3 aromatic carbocycles. The molecule has 1 aliphatic heterocycles. The van der Waals surface area contributed by atoms with Crippen molar-refractivity contribution in [1.82, 2.24) is 0 Å². The Bertz CT molecular complexity index is 948. The average molecular weight is 387 g/mol. The van der Waals surface area contributed by atoms with Gasteiger partial charge in [-0.2, -0.15) is 10.2 Å². The molecule has 148 valence electrons. The normalized spacial score (nSPS) is 14.2. The molecule has 0 bridgehead atoms. The van der Waals surface area contributed by atoms with Crippen LogP contribution in [0.25, 0.3) is 0 Å². The molecular weight excluding hydrogens is 362 g/mol. The van der Waals surface area contributed by atoms with E-state index in [1.54, 1.807) is 0 Å². The van der Waals surface area contributed by atoms with E-state index in [0.717, 1.165) is 49.1 Å². The van der Waals surface area contributed by atoms with Crippen molar-refractivity contribution in [2.75, 3.05) is 42.1 Å². The zero-order valence-electron chi connectivity index (χ0n) is 16.5. The van der Waals surface area contributed by atoms with Gasteiger partial charge in [0.15, 0.2) is 0 Å². The molecule has 6 heteroatoms. The molecule has 0 radical (unpaired) electrons. The first kappa shape index (κ1) is 19.0. The molecule has 1 saturated heterocycles. The van der Waals surface area contributed by atoms with Gasteiger partial charge in [-0.15, -0.1) is 0 Å². The summed E-state index contributed by atoms with van der Waals surface area (Å²) in [6, 6.07) is 24.2. The van der Waals surface area contributed by atoms with Crippen LogP contribution >= 0.6 is 0 Å². The molecule has 0 unspecified atom stereocenters. The van der Waals surface area contributed by atoms with Crippen LogP contribution in [-0.4, -0.2) is 26.3 Å². The number of ether oxygens (including phenoxy) is 1. The number of benzene rings is 3. The number of anilines is 3. The summed E-state index contributed by atoms with van der Waals surface area (Å²) in [5.74, 6) is 0. The minimum atomic E-state index is 0.785. The monoisotopic (exact) mass is 387 g/mol. The lowest BCUT2D eigenvalue weighted by atomic mass is 10.2. The van der Waals surface area contributed by atoms with Gasteiger partial charge in [0, 0.05) is 18.8 Å². The molecule has 0 amide bonds. The molecule has 1 aliphatic rings. The number of hydrogen-bond donors (Lipinski definition) is 2. The van der Waals surface area contributed by atoms with Crippen LogP contribution in [0, 0.1) is 6.92 Å². The Balaban J connectivity index is 1.32. The number of morpholine rings is 1. The maximum Gasteiger partial charge on any atom is 0.0858 e. The Morgan fingerprint density at radius 3 is 2.03 bits per heavy atom. The molecule has 0 saturated carbocycles. The minimum absolute atomic E-state index is 0.785. The number of aryl methyl sites for hydroxylation is 1. The van der Waals surface area contributed by atoms with Gasteiger partial charge in [-0.25, -0.2) is 0 Å². The Hall–Kier alpha value is -3.38. The first-order valence-corrected chi connectivity index (χ1v) is 9.79. The highest BCUT2D eigenvalue weighted by Crippen LogP contribution is 2.24. The lowest BCUT2D eigenvalue weighted by molar-refractivity contribution is 0.122. The van der Waals surface area contributed by atoms with E-state index in [2.05, 4.69) is 57.2 Å². The van der Waals surface area contributed by atoms with E-state index in [-0.39, 0.29) is 0 Å². The van der Waals surface area contributed by atoms with E-state index in [1.807, 2.05) is 48.5 Å². The van der Waals surface area contributed by atoms with Crippen LogP contribution in [0.4, 0.5) is 28.4 Å². The fourth-order valence-electron chi connectivity index (χ4n) is 3.15. The number of nitrogens with one attached hydrogen (secondary N) is 2. The predicted molar refractivity (Wildman–Crippen MR) is 119 cm³/mol. The summed E-state index contributed by atoms with van der Waals surface area (Å²) >= 11 is 0. The van der Waals surface area contributed by atoms with E-state index >= 15 is 0 Å². The molecule has 0 spiro atoms. The van der Waals surface area contributed by atoms with Crippen LogP contribution in [0.15, 0.2) is 83.0 Å². The fourth-order valence-corrected chi connectivity index (χ4v) is 3.15. The highest BCUT2D eigenvalue weighted by molar-refractivity contribution is 5.56. The topological polar surface area (TPSA) is 61.2 Å². The van der Waals surface area contributed by atoms with E-state index in [0.29, 0.717) is 0 Å². The summed E-state index contributed by atoms with van der Waals surface area (Å²) in [5.41, 5.74) is 12.4. The smallest absolute Gasteiger partial charge is 0.0858 e. The third kappa shape index (κ3) is 5.33. The zero-order chi connectivity index (χ0) is 19.9. The molecule has 2 N–H and O–H groups in total. The van der Waals surface area contributed by atoms with E-state index in [9.17, 15) is 0 Å². The molecule has 0 atom stereocenters. The summed E-state index contributed by atoms with van der Waals surface area (Å²) < 4.78 is 5.40. The summed E-state index contributed by atoms with van der Waals surface area (Å²) in [7, 11) is 0. The van der Waals surface area contributed by atoms with Crippen molar-refractivity contribution in [3.63, 3.8) is 0 Å². The largest absolute Gasteiger partial charge is 0.378 e.